The van der Waals surface area contributed by atoms with Crippen LogP contribution >= 0.6 is 0 Å². The van der Waals surface area contributed by atoms with Gasteiger partial charge in [0, 0.05) is 11.6 Å². The molecule has 0 radical (unpaired) electrons. The molecule has 96 valence electrons. The predicted octanol–water partition coefficient (Wildman–Crippen LogP) is 1.47. The van der Waals surface area contributed by atoms with E-state index in [2.05, 4.69) is 15.6 Å². The van der Waals surface area contributed by atoms with Gasteiger partial charge in [-0.25, -0.2) is 4.79 Å². The first-order chi connectivity index (χ1) is 8.27. The van der Waals surface area contributed by atoms with Gasteiger partial charge in [0.25, 0.3) is 5.91 Å². The van der Waals surface area contributed by atoms with Gasteiger partial charge in [-0.1, -0.05) is 26.8 Å². The molecule has 2 heterocycles. The number of urea groups is 1. The van der Waals surface area contributed by atoms with Crippen LogP contribution in [0.3, 0.4) is 0 Å². The molecule has 1 aliphatic rings. The first-order valence-corrected chi connectivity index (χ1v) is 5.84. The molecule has 18 heavy (non-hydrogen) atoms. The fourth-order valence-electron chi connectivity index (χ4n) is 2.24. The van der Waals surface area contributed by atoms with Gasteiger partial charge in [0.15, 0.2) is 5.54 Å². The largest absolute Gasteiger partial charge is 0.322 e. The Labute approximate surface area is 106 Å². The lowest BCUT2D eigenvalue weighted by atomic mass is 9.71. The van der Waals surface area contributed by atoms with Crippen molar-refractivity contribution in [3.63, 3.8) is 0 Å². The third-order valence-corrected chi connectivity index (χ3v) is 3.29. The van der Waals surface area contributed by atoms with Gasteiger partial charge in [0.05, 0.1) is 5.69 Å². The summed E-state index contributed by atoms with van der Waals surface area (Å²) < 4.78 is 0. The minimum absolute atomic E-state index is 0.351. The summed E-state index contributed by atoms with van der Waals surface area (Å²) in [7, 11) is 0. The van der Waals surface area contributed by atoms with Crippen LogP contribution in [0.25, 0.3) is 0 Å². The molecule has 1 atom stereocenters. The van der Waals surface area contributed by atoms with Crippen molar-refractivity contribution in [1.82, 2.24) is 15.6 Å². The third kappa shape index (κ3) is 1.66. The van der Waals surface area contributed by atoms with Crippen molar-refractivity contribution < 1.29 is 9.59 Å². The molecule has 1 aromatic rings. The molecule has 2 N–H and O–H groups in total. The lowest BCUT2D eigenvalue weighted by Crippen LogP contribution is -2.54. The maximum atomic E-state index is 12.2. The van der Waals surface area contributed by atoms with E-state index in [0.717, 1.165) is 5.56 Å². The first kappa shape index (κ1) is 12.5. The van der Waals surface area contributed by atoms with E-state index < -0.39 is 17.0 Å². The summed E-state index contributed by atoms with van der Waals surface area (Å²) >= 11 is 0. The Morgan fingerprint density at radius 1 is 1.22 bits per heavy atom. The van der Waals surface area contributed by atoms with Gasteiger partial charge in [-0.05, 0) is 18.6 Å². The SMILES string of the molecule is Cc1ccc(C2(C(C)(C)C)NC(=O)NC2=O)nc1. The summed E-state index contributed by atoms with van der Waals surface area (Å²) in [4.78, 5) is 28.0. The minimum atomic E-state index is -1.11. The van der Waals surface area contributed by atoms with E-state index in [4.69, 9.17) is 0 Å². The maximum Gasteiger partial charge on any atom is 0.322 e. The first-order valence-electron chi connectivity index (χ1n) is 5.84. The molecule has 0 saturated carbocycles. The molecular weight excluding hydrogens is 230 g/mol. The fraction of sp³-hybridized carbons (Fsp3) is 0.462. The monoisotopic (exact) mass is 247 g/mol. The number of aromatic nitrogens is 1. The van der Waals surface area contributed by atoms with Gasteiger partial charge in [-0.3, -0.25) is 15.1 Å². The van der Waals surface area contributed by atoms with Crippen LogP contribution in [0.15, 0.2) is 18.3 Å². The van der Waals surface area contributed by atoms with Crippen LogP contribution in [0, 0.1) is 12.3 Å². The van der Waals surface area contributed by atoms with Crippen LogP contribution < -0.4 is 10.6 Å². The van der Waals surface area contributed by atoms with Crippen molar-refractivity contribution >= 4 is 11.9 Å². The van der Waals surface area contributed by atoms with Crippen LogP contribution in [0.1, 0.15) is 32.0 Å². The zero-order valence-corrected chi connectivity index (χ0v) is 11.0. The van der Waals surface area contributed by atoms with E-state index in [-0.39, 0.29) is 5.91 Å². The van der Waals surface area contributed by atoms with Crippen molar-refractivity contribution in [3.8, 4) is 0 Å². The summed E-state index contributed by atoms with van der Waals surface area (Å²) in [5.41, 5.74) is -0.0278. The third-order valence-electron chi connectivity index (χ3n) is 3.29. The number of pyridine rings is 1. The van der Waals surface area contributed by atoms with Crippen LogP contribution in [0.4, 0.5) is 4.79 Å². The van der Waals surface area contributed by atoms with Gasteiger partial charge in [-0.15, -0.1) is 0 Å². The Hall–Kier alpha value is -1.91. The van der Waals surface area contributed by atoms with Crippen molar-refractivity contribution in [1.29, 1.82) is 0 Å². The number of amides is 3. The Bertz CT molecular complexity index is 502. The highest BCUT2D eigenvalue weighted by atomic mass is 16.2. The molecule has 0 aliphatic carbocycles. The fourth-order valence-corrected chi connectivity index (χ4v) is 2.24. The molecule has 5 nitrogen and oxygen atoms in total. The van der Waals surface area contributed by atoms with E-state index in [1.165, 1.54) is 0 Å². The number of nitrogens with zero attached hydrogens (tertiary/aromatic N) is 1. The molecule has 0 spiro atoms. The molecule has 0 aromatic carbocycles. The van der Waals surface area contributed by atoms with Crippen molar-refractivity contribution in [2.75, 3.05) is 0 Å². The van der Waals surface area contributed by atoms with E-state index in [1.807, 2.05) is 33.8 Å². The number of nitrogens with one attached hydrogen (secondary N) is 2. The van der Waals surface area contributed by atoms with Crippen molar-refractivity contribution in [2.24, 2.45) is 5.41 Å². The molecule has 1 aliphatic heterocycles. The zero-order chi connectivity index (χ0) is 13.6. The molecule has 3 amide bonds. The second kappa shape index (κ2) is 3.80. The van der Waals surface area contributed by atoms with E-state index in [0.29, 0.717) is 5.69 Å². The Morgan fingerprint density at radius 2 is 1.89 bits per heavy atom. The lowest BCUT2D eigenvalue weighted by Gasteiger charge is -2.38. The zero-order valence-electron chi connectivity index (χ0n) is 11.0. The Morgan fingerprint density at radius 3 is 2.28 bits per heavy atom. The summed E-state index contributed by atoms with van der Waals surface area (Å²) in [6.45, 7) is 7.63. The Kier molecular flexibility index (Phi) is 2.65. The topological polar surface area (TPSA) is 71.1 Å². The standard InChI is InChI=1S/C13H17N3O2/c1-8-5-6-9(14-7-8)13(12(2,3)4)10(17)15-11(18)16-13/h5-7H,1-4H3,(H2,15,16,17,18). The summed E-state index contributed by atoms with van der Waals surface area (Å²) in [6, 6.07) is 3.19. The minimum Gasteiger partial charge on any atom is -0.318 e. The van der Waals surface area contributed by atoms with Gasteiger partial charge in [-0.2, -0.15) is 0 Å². The second-order valence-electron chi connectivity index (χ2n) is 5.63. The highest BCUT2D eigenvalue weighted by molar-refractivity contribution is 6.07. The number of carbonyl (C=O) groups excluding carboxylic acids is 2. The number of rotatable bonds is 1. The highest BCUT2D eigenvalue weighted by Crippen LogP contribution is 2.40. The molecule has 1 aromatic heterocycles. The summed E-state index contributed by atoms with van der Waals surface area (Å²) in [5, 5.41) is 5.03. The number of carbonyl (C=O) groups is 2. The molecule has 1 unspecified atom stereocenters. The van der Waals surface area contributed by atoms with Crippen molar-refractivity contribution in [2.45, 2.75) is 33.2 Å². The smallest absolute Gasteiger partial charge is 0.318 e. The molecule has 1 saturated heterocycles. The second-order valence-corrected chi connectivity index (χ2v) is 5.63. The molecule has 2 rings (SSSR count). The average Bonchev–Trinajstić information content (AvgIpc) is 2.55. The van der Waals surface area contributed by atoms with E-state index in [9.17, 15) is 9.59 Å². The number of imide groups is 1. The summed E-state index contributed by atoms with van der Waals surface area (Å²) in [5.74, 6) is -0.351. The van der Waals surface area contributed by atoms with E-state index in [1.54, 1.807) is 12.3 Å². The van der Waals surface area contributed by atoms with Crippen LogP contribution in [-0.4, -0.2) is 16.9 Å². The van der Waals surface area contributed by atoms with Crippen LogP contribution in [0.5, 0.6) is 0 Å². The van der Waals surface area contributed by atoms with Gasteiger partial charge >= 0.3 is 6.03 Å². The molecule has 0 bridgehead atoms. The van der Waals surface area contributed by atoms with Gasteiger partial charge in [0.2, 0.25) is 0 Å². The normalized spacial score (nSPS) is 23.8. The van der Waals surface area contributed by atoms with Crippen molar-refractivity contribution in [3.05, 3.63) is 29.6 Å². The quantitative estimate of drug-likeness (QED) is 0.738. The number of hydrogen-bond acceptors (Lipinski definition) is 3. The molecular formula is C13H17N3O2. The average molecular weight is 247 g/mol. The van der Waals surface area contributed by atoms with Crippen LogP contribution in [0.2, 0.25) is 0 Å². The summed E-state index contributed by atoms with van der Waals surface area (Å²) in [6.07, 6.45) is 1.70. The van der Waals surface area contributed by atoms with Crippen LogP contribution in [-0.2, 0) is 10.3 Å². The van der Waals surface area contributed by atoms with E-state index >= 15 is 0 Å². The van der Waals surface area contributed by atoms with Gasteiger partial charge < -0.3 is 5.32 Å². The number of hydrogen-bond donors (Lipinski definition) is 2. The lowest BCUT2D eigenvalue weighted by molar-refractivity contribution is -0.128. The molecule has 5 heteroatoms. The Balaban J connectivity index is 2.60. The maximum absolute atomic E-state index is 12.2. The van der Waals surface area contributed by atoms with Gasteiger partial charge in [0.1, 0.15) is 0 Å². The number of aryl methyl sites for hydroxylation is 1. The molecule has 1 fully saturated rings. The highest BCUT2D eigenvalue weighted by Gasteiger charge is 2.56. The predicted molar refractivity (Wildman–Crippen MR) is 66.8 cm³/mol.